The third-order valence-electron chi connectivity index (χ3n) is 4.23. The number of anilines is 1. The zero-order valence-electron chi connectivity index (χ0n) is 15.4. The monoisotopic (exact) mass is 470 g/mol. The molecule has 1 aromatic heterocycles. The molecule has 3 aromatic carbocycles. The van der Waals surface area contributed by atoms with Crippen LogP contribution in [0, 0.1) is 0 Å². The van der Waals surface area contributed by atoms with Gasteiger partial charge in [-0.15, -0.1) is 0 Å². The van der Waals surface area contributed by atoms with E-state index in [1.807, 2.05) is 19.1 Å². The average molecular weight is 472 g/mol. The number of nitrogens with one attached hydrogen (secondary N) is 1. The first-order valence-electron chi connectivity index (χ1n) is 8.93. The Balaban J connectivity index is 1.57. The molecule has 1 N–H and O–H groups in total. The van der Waals surface area contributed by atoms with Gasteiger partial charge in [0.2, 0.25) is 5.89 Å². The lowest BCUT2D eigenvalue weighted by atomic mass is 10.2. The largest absolute Gasteiger partial charge is 0.494 e. The lowest BCUT2D eigenvalue weighted by Gasteiger charge is -2.06. The second-order valence-electron chi connectivity index (χ2n) is 6.24. The van der Waals surface area contributed by atoms with Crippen LogP contribution in [0.2, 0.25) is 5.02 Å². The molecule has 146 valence electrons. The van der Waals surface area contributed by atoms with Crippen molar-refractivity contribution in [1.82, 2.24) is 4.98 Å². The number of fused-ring (bicyclic) bond motifs is 1. The lowest BCUT2D eigenvalue weighted by Crippen LogP contribution is -2.11. The standard InChI is InChI=1S/C22H16BrClN2O3/c1-2-28-16-7-3-13(4-8-16)21(27)25-15-6-10-20-19(12-15)26-22(29-20)17-11-14(23)5-9-18(17)24/h3-12H,2H2,1H3,(H,25,27). The van der Waals surface area contributed by atoms with Gasteiger partial charge in [0.1, 0.15) is 11.3 Å². The molecule has 4 rings (SSSR count). The van der Waals surface area contributed by atoms with Crippen LogP contribution in [0.15, 0.2) is 69.6 Å². The molecule has 29 heavy (non-hydrogen) atoms. The molecule has 7 heteroatoms. The molecule has 0 unspecified atom stereocenters. The topological polar surface area (TPSA) is 64.4 Å². The van der Waals surface area contributed by atoms with Crippen LogP contribution in [0.4, 0.5) is 5.69 Å². The van der Waals surface area contributed by atoms with Crippen LogP contribution < -0.4 is 10.1 Å². The second kappa shape index (κ2) is 8.27. The Morgan fingerprint density at radius 2 is 1.93 bits per heavy atom. The lowest BCUT2D eigenvalue weighted by molar-refractivity contribution is 0.102. The fourth-order valence-corrected chi connectivity index (χ4v) is 3.41. The molecule has 0 saturated carbocycles. The van der Waals surface area contributed by atoms with E-state index in [0.29, 0.717) is 45.4 Å². The van der Waals surface area contributed by atoms with Crippen LogP contribution in [0.3, 0.4) is 0 Å². The number of aromatic nitrogens is 1. The highest BCUT2D eigenvalue weighted by molar-refractivity contribution is 9.10. The number of amides is 1. The Morgan fingerprint density at radius 1 is 1.14 bits per heavy atom. The van der Waals surface area contributed by atoms with E-state index in [9.17, 15) is 4.79 Å². The van der Waals surface area contributed by atoms with Crippen molar-refractivity contribution < 1.29 is 13.9 Å². The molecule has 0 fully saturated rings. The summed E-state index contributed by atoms with van der Waals surface area (Å²) in [7, 11) is 0. The van der Waals surface area contributed by atoms with Gasteiger partial charge in [0.15, 0.2) is 5.58 Å². The zero-order chi connectivity index (χ0) is 20.4. The van der Waals surface area contributed by atoms with Gasteiger partial charge in [-0.1, -0.05) is 27.5 Å². The van der Waals surface area contributed by atoms with Gasteiger partial charge < -0.3 is 14.5 Å². The first-order valence-corrected chi connectivity index (χ1v) is 10.1. The molecular weight excluding hydrogens is 456 g/mol. The van der Waals surface area contributed by atoms with Crippen LogP contribution >= 0.6 is 27.5 Å². The minimum absolute atomic E-state index is 0.217. The Hall–Kier alpha value is -2.83. The van der Waals surface area contributed by atoms with Crippen molar-refractivity contribution in [3.05, 3.63) is 75.7 Å². The highest BCUT2D eigenvalue weighted by atomic mass is 79.9. The van der Waals surface area contributed by atoms with E-state index in [-0.39, 0.29) is 5.91 Å². The quantitative estimate of drug-likeness (QED) is 0.358. The van der Waals surface area contributed by atoms with Crippen LogP contribution in [0.5, 0.6) is 5.75 Å². The number of hydrogen-bond donors (Lipinski definition) is 1. The Bertz CT molecular complexity index is 1190. The maximum absolute atomic E-state index is 12.5. The number of nitrogens with zero attached hydrogens (tertiary/aromatic N) is 1. The molecule has 0 radical (unpaired) electrons. The van der Waals surface area contributed by atoms with Crippen molar-refractivity contribution in [1.29, 1.82) is 0 Å². The van der Waals surface area contributed by atoms with Gasteiger partial charge in [0, 0.05) is 15.7 Å². The van der Waals surface area contributed by atoms with Gasteiger partial charge in [-0.3, -0.25) is 4.79 Å². The highest BCUT2D eigenvalue weighted by Crippen LogP contribution is 2.33. The van der Waals surface area contributed by atoms with Gasteiger partial charge >= 0.3 is 0 Å². The molecule has 0 aliphatic rings. The summed E-state index contributed by atoms with van der Waals surface area (Å²) in [5, 5.41) is 3.42. The number of rotatable bonds is 5. The fraction of sp³-hybridized carbons (Fsp3) is 0.0909. The third-order valence-corrected chi connectivity index (χ3v) is 5.05. The molecule has 1 heterocycles. The summed E-state index contributed by atoms with van der Waals surface area (Å²) in [5.41, 5.74) is 3.08. The van der Waals surface area contributed by atoms with Crippen molar-refractivity contribution in [2.45, 2.75) is 6.92 Å². The smallest absolute Gasteiger partial charge is 0.255 e. The minimum atomic E-state index is -0.217. The van der Waals surface area contributed by atoms with E-state index in [0.717, 1.165) is 10.2 Å². The van der Waals surface area contributed by atoms with E-state index < -0.39 is 0 Å². The first-order chi connectivity index (χ1) is 14.0. The molecule has 5 nitrogen and oxygen atoms in total. The normalized spacial score (nSPS) is 10.9. The predicted molar refractivity (Wildman–Crippen MR) is 118 cm³/mol. The summed E-state index contributed by atoms with van der Waals surface area (Å²) >= 11 is 9.70. The van der Waals surface area contributed by atoms with Gasteiger partial charge in [-0.05, 0) is 67.6 Å². The van der Waals surface area contributed by atoms with Gasteiger partial charge in [-0.25, -0.2) is 4.98 Å². The van der Waals surface area contributed by atoms with Gasteiger partial charge in [0.25, 0.3) is 5.91 Å². The number of ether oxygens (including phenoxy) is 1. The summed E-state index contributed by atoms with van der Waals surface area (Å²) in [6, 6.07) is 17.8. The maximum atomic E-state index is 12.5. The van der Waals surface area contributed by atoms with Crippen molar-refractivity contribution >= 4 is 50.2 Å². The SMILES string of the molecule is CCOc1ccc(C(=O)Nc2ccc3oc(-c4cc(Br)ccc4Cl)nc3c2)cc1. The second-order valence-corrected chi connectivity index (χ2v) is 7.56. The summed E-state index contributed by atoms with van der Waals surface area (Å²) < 4.78 is 12.1. The summed E-state index contributed by atoms with van der Waals surface area (Å²) in [5.74, 6) is 0.930. The summed E-state index contributed by atoms with van der Waals surface area (Å²) in [6.45, 7) is 2.49. The molecule has 0 bridgehead atoms. The Morgan fingerprint density at radius 3 is 2.69 bits per heavy atom. The fourth-order valence-electron chi connectivity index (χ4n) is 2.85. The molecule has 0 aliphatic heterocycles. The molecule has 1 amide bonds. The van der Waals surface area contributed by atoms with Crippen molar-refractivity contribution in [3.8, 4) is 17.2 Å². The predicted octanol–water partition coefficient (Wildman–Crippen LogP) is 6.56. The first kappa shape index (κ1) is 19.5. The van der Waals surface area contributed by atoms with Crippen molar-refractivity contribution in [3.63, 3.8) is 0 Å². The number of benzene rings is 3. The Labute approximate surface area is 180 Å². The number of halogens is 2. The van der Waals surface area contributed by atoms with E-state index in [1.54, 1.807) is 48.5 Å². The molecular formula is C22H16BrClN2O3. The van der Waals surface area contributed by atoms with E-state index in [2.05, 4.69) is 26.2 Å². The van der Waals surface area contributed by atoms with E-state index in [4.69, 9.17) is 20.8 Å². The van der Waals surface area contributed by atoms with Gasteiger partial charge in [-0.2, -0.15) is 0 Å². The summed E-state index contributed by atoms with van der Waals surface area (Å²) in [6.07, 6.45) is 0. The van der Waals surface area contributed by atoms with E-state index in [1.165, 1.54) is 0 Å². The minimum Gasteiger partial charge on any atom is -0.494 e. The summed E-state index contributed by atoms with van der Waals surface area (Å²) in [4.78, 5) is 17.0. The van der Waals surface area contributed by atoms with Gasteiger partial charge in [0.05, 0.1) is 17.2 Å². The third kappa shape index (κ3) is 4.28. The molecule has 0 saturated heterocycles. The number of hydrogen-bond acceptors (Lipinski definition) is 4. The van der Waals surface area contributed by atoms with E-state index >= 15 is 0 Å². The molecule has 0 aliphatic carbocycles. The number of carbonyl (C=O) groups is 1. The maximum Gasteiger partial charge on any atom is 0.255 e. The molecule has 0 spiro atoms. The highest BCUT2D eigenvalue weighted by Gasteiger charge is 2.13. The van der Waals surface area contributed by atoms with Crippen LogP contribution in [-0.2, 0) is 0 Å². The van der Waals surface area contributed by atoms with Crippen molar-refractivity contribution in [2.24, 2.45) is 0 Å². The number of oxazole rings is 1. The van der Waals surface area contributed by atoms with Crippen molar-refractivity contribution in [2.75, 3.05) is 11.9 Å². The average Bonchev–Trinajstić information content (AvgIpc) is 3.13. The Kier molecular flexibility index (Phi) is 5.56. The molecule has 4 aromatic rings. The zero-order valence-corrected chi connectivity index (χ0v) is 17.8. The van der Waals surface area contributed by atoms with Crippen LogP contribution in [-0.4, -0.2) is 17.5 Å². The van der Waals surface area contributed by atoms with Crippen LogP contribution in [0.1, 0.15) is 17.3 Å². The number of carbonyl (C=O) groups excluding carboxylic acids is 1. The molecule has 0 atom stereocenters. The van der Waals surface area contributed by atoms with Crippen LogP contribution in [0.25, 0.3) is 22.6 Å².